The number of alkyl halides is 1. The Hall–Kier alpha value is 0.280. The third kappa shape index (κ3) is 1.85. The Morgan fingerprint density at radius 1 is 1.33 bits per heavy atom. The number of thiol groups is 1. The van der Waals surface area contributed by atoms with Crippen LogP contribution in [0.3, 0.4) is 0 Å². The lowest BCUT2D eigenvalue weighted by Gasteiger charge is -2.33. The summed E-state index contributed by atoms with van der Waals surface area (Å²) in [5, 5.41) is 0. The van der Waals surface area contributed by atoms with E-state index in [1.54, 1.807) is 0 Å². The van der Waals surface area contributed by atoms with Crippen molar-refractivity contribution in [1.29, 1.82) is 0 Å². The van der Waals surface area contributed by atoms with Gasteiger partial charge in [-0.15, -0.1) is 0 Å². The highest BCUT2D eigenvalue weighted by Gasteiger charge is 2.26. The van der Waals surface area contributed by atoms with Crippen LogP contribution in [0.4, 0.5) is 4.39 Å². The van der Waals surface area contributed by atoms with Gasteiger partial charge in [-0.25, -0.2) is 0 Å². The number of rotatable bonds is 3. The van der Waals surface area contributed by atoms with Crippen LogP contribution in [-0.4, -0.2) is 12.4 Å². The second-order valence-corrected chi connectivity index (χ2v) is 3.23. The first kappa shape index (κ1) is 7.39. The highest BCUT2D eigenvalue weighted by molar-refractivity contribution is 7.80. The molecule has 2 heteroatoms. The van der Waals surface area contributed by atoms with Crippen molar-refractivity contribution in [2.45, 2.75) is 19.3 Å². The molecule has 0 heterocycles. The van der Waals surface area contributed by atoms with Gasteiger partial charge in [0.25, 0.3) is 0 Å². The lowest BCUT2D eigenvalue weighted by molar-refractivity contribution is 0.190. The molecule has 54 valence electrons. The van der Waals surface area contributed by atoms with Crippen molar-refractivity contribution in [3.8, 4) is 0 Å². The van der Waals surface area contributed by atoms with Crippen molar-refractivity contribution < 1.29 is 4.39 Å². The monoisotopic (exact) mass is 148 g/mol. The molecule has 0 N–H and O–H groups in total. The van der Waals surface area contributed by atoms with Crippen molar-refractivity contribution in [3.63, 3.8) is 0 Å². The molecule has 0 amide bonds. The summed E-state index contributed by atoms with van der Waals surface area (Å²) in [6.07, 6.45) is 3.21. The van der Waals surface area contributed by atoms with Crippen LogP contribution in [0.25, 0.3) is 0 Å². The highest BCUT2D eigenvalue weighted by Crippen LogP contribution is 2.36. The van der Waals surface area contributed by atoms with Crippen LogP contribution in [0.5, 0.6) is 0 Å². The van der Waals surface area contributed by atoms with Crippen molar-refractivity contribution in [3.05, 3.63) is 0 Å². The molecule has 0 radical (unpaired) electrons. The largest absolute Gasteiger partial charge is 0.251 e. The Morgan fingerprint density at radius 2 is 2.00 bits per heavy atom. The molecule has 0 nitrogen and oxygen atoms in total. The van der Waals surface area contributed by atoms with E-state index in [4.69, 9.17) is 0 Å². The molecule has 1 fully saturated rings. The van der Waals surface area contributed by atoms with E-state index in [1.165, 1.54) is 12.8 Å². The summed E-state index contributed by atoms with van der Waals surface area (Å²) in [6.45, 7) is -0.135. The van der Waals surface area contributed by atoms with E-state index in [2.05, 4.69) is 12.6 Å². The third-order valence-corrected chi connectivity index (χ3v) is 2.63. The molecule has 0 aliphatic heterocycles. The normalized spacial score (nSPS) is 34.0. The van der Waals surface area contributed by atoms with Gasteiger partial charge in [-0.2, -0.15) is 12.6 Å². The smallest absolute Gasteiger partial charge is 0.0897 e. The molecule has 1 aliphatic carbocycles. The summed E-state index contributed by atoms with van der Waals surface area (Å²) >= 11 is 4.16. The fourth-order valence-corrected chi connectivity index (χ4v) is 1.71. The summed E-state index contributed by atoms with van der Waals surface area (Å²) in [6, 6.07) is 0. The maximum atomic E-state index is 11.7. The minimum absolute atomic E-state index is 0.135. The van der Waals surface area contributed by atoms with Crippen LogP contribution in [0.15, 0.2) is 0 Å². The maximum absolute atomic E-state index is 11.7. The lowest BCUT2D eigenvalue weighted by atomic mass is 9.74. The first-order chi connectivity index (χ1) is 4.36. The maximum Gasteiger partial charge on any atom is 0.0897 e. The Balaban J connectivity index is 1.98. The zero-order chi connectivity index (χ0) is 6.69. The van der Waals surface area contributed by atoms with Gasteiger partial charge in [0.15, 0.2) is 0 Å². The van der Waals surface area contributed by atoms with Crippen LogP contribution in [-0.2, 0) is 0 Å². The van der Waals surface area contributed by atoms with E-state index in [0.717, 1.165) is 18.1 Å². The molecule has 0 bridgehead atoms. The van der Waals surface area contributed by atoms with E-state index in [0.29, 0.717) is 5.92 Å². The quantitative estimate of drug-likeness (QED) is 0.583. The Bertz CT molecular complexity index is 79.0. The van der Waals surface area contributed by atoms with Crippen LogP contribution in [0.2, 0.25) is 0 Å². The molecule has 1 saturated carbocycles. The average molecular weight is 148 g/mol. The van der Waals surface area contributed by atoms with Crippen molar-refractivity contribution in [1.82, 2.24) is 0 Å². The van der Waals surface area contributed by atoms with Gasteiger partial charge in [-0.05, 0) is 36.9 Å². The van der Waals surface area contributed by atoms with E-state index >= 15 is 0 Å². The minimum atomic E-state index is -0.135. The second-order valence-electron chi connectivity index (χ2n) is 2.86. The number of halogens is 1. The molecular formula is C7H13FS. The van der Waals surface area contributed by atoms with Gasteiger partial charge in [-0.1, -0.05) is 0 Å². The SMILES string of the molecule is FCCC1CC(CS)C1. The average Bonchev–Trinajstić information content (AvgIpc) is 1.77. The predicted octanol–water partition coefficient (Wildman–Crippen LogP) is 2.30. The topological polar surface area (TPSA) is 0 Å². The second kappa shape index (κ2) is 3.45. The van der Waals surface area contributed by atoms with Gasteiger partial charge >= 0.3 is 0 Å². The van der Waals surface area contributed by atoms with Crippen LogP contribution in [0.1, 0.15) is 19.3 Å². The standard InChI is InChI=1S/C7H13FS/c8-2-1-6-3-7(4-6)5-9/h6-7,9H,1-5H2. The Kier molecular flexibility index (Phi) is 2.83. The molecule has 1 aliphatic rings. The molecule has 0 unspecified atom stereocenters. The van der Waals surface area contributed by atoms with Gasteiger partial charge in [0.05, 0.1) is 6.67 Å². The van der Waals surface area contributed by atoms with Crippen molar-refractivity contribution in [2.24, 2.45) is 11.8 Å². The van der Waals surface area contributed by atoms with E-state index in [1.807, 2.05) is 0 Å². The van der Waals surface area contributed by atoms with Crippen molar-refractivity contribution >= 4 is 12.6 Å². The summed E-state index contributed by atoms with van der Waals surface area (Å²) in [5.74, 6) is 2.47. The third-order valence-electron chi connectivity index (χ3n) is 2.11. The molecule has 0 aromatic rings. The Morgan fingerprint density at radius 3 is 2.44 bits per heavy atom. The van der Waals surface area contributed by atoms with Crippen LogP contribution < -0.4 is 0 Å². The summed E-state index contributed by atoms with van der Waals surface area (Å²) in [4.78, 5) is 0. The first-order valence-electron chi connectivity index (χ1n) is 3.53. The fraction of sp³-hybridized carbons (Fsp3) is 1.00. The summed E-state index contributed by atoms with van der Waals surface area (Å²) < 4.78 is 11.7. The zero-order valence-corrected chi connectivity index (χ0v) is 6.41. The van der Waals surface area contributed by atoms with Gasteiger partial charge in [0, 0.05) is 0 Å². The molecule has 9 heavy (non-hydrogen) atoms. The molecule has 0 aromatic heterocycles. The fourth-order valence-electron chi connectivity index (χ4n) is 1.41. The first-order valence-corrected chi connectivity index (χ1v) is 4.17. The molecular weight excluding hydrogens is 135 g/mol. The molecule has 0 atom stereocenters. The molecule has 1 rings (SSSR count). The minimum Gasteiger partial charge on any atom is -0.251 e. The van der Waals surface area contributed by atoms with Gasteiger partial charge in [0.2, 0.25) is 0 Å². The molecule has 0 aromatic carbocycles. The van der Waals surface area contributed by atoms with E-state index in [9.17, 15) is 4.39 Å². The van der Waals surface area contributed by atoms with Crippen molar-refractivity contribution in [2.75, 3.05) is 12.4 Å². The predicted molar refractivity (Wildman–Crippen MR) is 40.7 cm³/mol. The van der Waals surface area contributed by atoms with Crippen LogP contribution in [0, 0.1) is 11.8 Å². The lowest BCUT2D eigenvalue weighted by Crippen LogP contribution is -2.25. The van der Waals surface area contributed by atoms with E-state index in [-0.39, 0.29) is 6.67 Å². The molecule has 0 spiro atoms. The molecule has 0 saturated heterocycles. The Labute approximate surface area is 61.2 Å². The summed E-state index contributed by atoms with van der Waals surface area (Å²) in [5.41, 5.74) is 0. The zero-order valence-electron chi connectivity index (χ0n) is 5.52. The van der Waals surface area contributed by atoms with Gasteiger partial charge < -0.3 is 0 Å². The highest BCUT2D eigenvalue weighted by atomic mass is 32.1. The summed E-state index contributed by atoms with van der Waals surface area (Å²) in [7, 11) is 0. The number of hydrogen-bond acceptors (Lipinski definition) is 1. The van der Waals surface area contributed by atoms with Gasteiger partial charge in [0.1, 0.15) is 0 Å². The van der Waals surface area contributed by atoms with Gasteiger partial charge in [-0.3, -0.25) is 4.39 Å². The van der Waals surface area contributed by atoms with E-state index < -0.39 is 0 Å². The van der Waals surface area contributed by atoms with Crippen LogP contribution >= 0.6 is 12.6 Å². The number of hydrogen-bond donors (Lipinski definition) is 1.